The van der Waals surface area contributed by atoms with Crippen LogP contribution in [0, 0.1) is 0 Å². The summed E-state index contributed by atoms with van der Waals surface area (Å²) in [4.78, 5) is 11.5. The van der Waals surface area contributed by atoms with Crippen molar-refractivity contribution in [3.63, 3.8) is 0 Å². The maximum Gasteiger partial charge on any atom is 0.220 e. The molecule has 2 nitrogen and oxygen atoms in total. The Kier molecular flexibility index (Phi) is 6.38. The lowest BCUT2D eigenvalue weighted by Crippen LogP contribution is -2.32. The van der Waals surface area contributed by atoms with Crippen LogP contribution < -0.4 is 5.32 Å². The van der Waals surface area contributed by atoms with Crippen molar-refractivity contribution in [1.82, 2.24) is 5.32 Å². The van der Waals surface area contributed by atoms with Crippen molar-refractivity contribution in [1.29, 1.82) is 0 Å². The third-order valence-electron chi connectivity index (χ3n) is 2.87. The van der Waals surface area contributed by atoms with E-state index in [2.05, 4.69) is 43.4 Å². The molecule has 0 aromatic heterocycles. The van der Waals surface area contributed by atoms with Gasteiger partial charge in [0.15, 0.2) is 0 Å². The molecule has 1 amide bonds. The molecule has 2 heteroatoms. The van der Waals surface area contributed by atoms with Gasteiger partial charge in [-0.15, -0.1) is 0 Å². The van der Waals surface area contributed by atoms with Crippen LogP contribution in [0.3, 0.4) is 0 Å². The molecule has 0 aliphatic carbocycles. The molecule has 1 aromatic carbocycles. The third kappa shape index (κ3) is 6.10. The number of carbonyl (C=O) groups is 1. The average Bonchev–Trinajstić information content (AvgIpc) is 2.35. The van der Waals surface area contributed by atoms with Gasteiger partial charge in [0, 0.05) is 12.5 Å². The van der Waals surface area contributed by atoms with Crippen molar-refractivity contribution in [2.24, 2.45) is 0 Å². The van der Waals surface area contributed by atoms with Crippen LogP contribution >= 0.6 is 0 Å². The van der Waals surface area contributed by atoms with Gasteiger partial charge < -0.3 is 5.32 Å². The number of benzene rings is 1. The molecule has 0 saturated heterocycles. The molecule has 17 heavy (non-hydrogen) atoms. The van der Waals surface area contributed by atoms with E-state index in [1.165, 1.54) is 5.56 Å². The Hall–Kier alpha value is -1.31. The topological polar surface area (TPSA) is 29.1 Å². The number of nitrogens with one attached hydrogen (secondary N) is 1. The van der Waals surface area contributed by atoms with Crippen molar-refractivity contribution in [2.45, 2.75) is 52.0 Å². The molecule has 0 heterocycles. The minimum absolute atomic E-state index is 0.187. The number of hydrogen-bond donors (Lipinski definition) is 1. The quantitative estimate of drug-likeness (QED) is 0.769. The van der Waals surface area contributed by atoms with Gasteiger partial charge in [0.25, 0.3) is 0 Å². The second-order valence-corrected chi connectivity index (χ2v) is 4.60. The second kappa shape index (κ2) is 7.88. The van der Waals surface area contributed by atoms with Crippen LogP contribution in [0.1, 0.15) is 45.1 Å². The summed E-state index contributed by atoms with van der Waals surface area (Å²) in [6.45, 7) is 4.18. The lowest BCUT2D eigenvalue weighted by molar-refractivity contribution is -0.121. The summed E-state index contributed by atoms with van der Waals surface area (Å²) in [5, 5.41) is 3.05. The van der Waals surface area contributed by atoms with E-state index in [-0.39, 0.29) is 11.9 Å². The zero-order valence-electron chi connectivity index (χ0n) is 10.9. The number of amides is 1. The molecule has 0 saturated carbocycles. The molecule has 0 unspecified atom stereocenters. The van der Waals surface area contributed by atoms with Crippen LogP contribution in [0.15, 0.2) is 30.3 Å². The van der Waals surface area contributed by atoms with Gasteiger partial charge in [-0.2, -0.15) is 0 Å². The van der Waals surface area contributed by atoms with E-state index < -0.39 is 0 Å². The van der Waals surface area contributed by atoms with E-state index in [4.69, 9.17) is 0 Å². The minimum atomic E-state index is 0.187. The molecule has 0 radical (unpaired) electrons. The number of unbranched alkanes of at least 4 members (excludes halogenated alkanes) is 1. The highest BCUT2D eigenvalue weighted by molar-refractivity contribution is 5.76. The van der Waals surface area contributed by atoms with Crippen molar-refractivity contribution in [3.8, 4) is 0 Å². The molecule has 0 bridgehead atoms. The number of rotatable bonds is 7. The number of carbonyl (C=O) groups excluding carboxylic acids is 1. The van der Waals surface area contributed by atoms with Crippen molar-refractivity contribution < 1.29 is 4.79 Å². The van der Waals surface area contributed by atoms with Crippen LogP contribution in [-0.4, -0.2) is 11.9 Å². The van der Waals surface area contributed by atoms with Crippen molar-refractivity contribution in [3.05, 3.63) is 35.9 Å². The zero-order chi connectivity index (χ0) is 12.5. The summed E-state index contributed by atoms with van der Waals surface area (Å²) in [6, 6.07) is 10.7. The van der Waals surface area contributed by atoms with E-state index in [0.717, 1.165) is 25.7 Å². The maximum absolute atomic E-state index is 11.5. The Morgan fingerprint density at radius 1 is 1.29 bits per heavy atom. The van der Waals surface area contributed by atoms with Gasteiger partial charge in [0.05, 0.1) is 0 Å². The molecule has 0 aliphatic rings. The Balaban J connectivity index is 2.21. The summed E-state index contributed by atoms with van der Waals surface area (Å²) in [5.41, 5.74) is 1.34. The van der Waals surface area contributed by atoms with Gasteiger partial charge in [0.2, 0.25) is 5.91 Å². The molecular formula is C15H23NO. The van der Waals surface area contributed by atoms with Gasteiger partial charge in [-0.3, -0.25) is 4.79 Å². The standard InChI is InChI=1S/C15H23NO/c1-3-4-10-15(17)16-13(2)11-12-14-8-6-5-7-9-14/h5-9,13H,3-4,10-12H2,1-2H3,(H,16,17)/t13-/m0/s1. The fourth-order valence-corrected chi connectivity index (χ4v) is 1.78. The molecule has 1 atom stereocenters. The van der Waals surface area contributed by atoms with Crippen LogP contribution in [-0.2, 0) is 11.2 Å². The third-order valence-corrected chi connectivity index (χ3v) is 2.87. The van der Waals surface area contributed by atoms with Gasteiger partial charge in [-0.25, -0.2) is 0 Å². The van der Waals surface area contributed by atoms with E-state index >= 15 is 0 Å². The van der Waals surface area contributed by atoms with Gasteiger partial charge in [0.1, 0.15) is 0 Å². The fraction of sp³-hybridized carbons (Fsp3) is 0.533. The van der Waals surface area contributed by atoms with Gasteiger partial charge in [-0.1, -0.05) is 43.7 Å². The molecular weight excluding hydrogens is 210 g/mol. The first-order valence-corrected chi connectivity index (χ1v) is 6.55. The van der Waals surface area contributed by atoms with Gasteiger partial charge in [-0.05, 0) is 31.7 Å². The number of hydrogen-bond acceptors (Lipinski definition) is 1. The molecule has 0 aliphatic heterocycles. The van der Waals surface area contributed by atoms with Crippen molar-refractivity contribution >= 4 is 5.91 Å². The summed E-state index contributed by atoms with van der Waals surface area (Å²) >= 11 is 0. The molecule has 1 aromatic rings. The van der Waals surface area contributed by atoms with E-state index in [9.17, 15) is 4.79 Å². The van der Waals surface area contributed by atoms with E-state index in [1.54, 1.807) is 0 Å². The minimum Gasteiger partial charge on any atom is -0.354 e. The first-order valence-electron chi connectivity index (χ1n) is 6.55. The maximum atomic E-state index is 11.5. The molecule has 94 valence electrons. The molecule has 1 rings (SSSR count). The first kappa shape index (κ1) is 13.8. The smallest absolute Gasteiger partial charge is 0.220 e. The lowest BCUT2D eigenvalue weighted by Gasteiger charge is -2.13. The summed E-state index contributed by atoms with van der Waals surface area (Å²) in [6.07, 6.45) is 4.74. The summed E-state index contributed by atoms with van der Waals surface area (Å²) in [5.74, 6) is 0.187. The van der Waals surface area contributed by atoms with Crippen LogP contribution in [0.5, 0.6) is 0 Å². The van der Waals surface area contributed by atoms with Crippen LogP contribution in [0.2, 0.25) is 0 Å². The predicted molar refractivity (Wildman–Crippen MR) is 71.9 cm³/mol. The van der Waals surface area contributed by atoms with Crippen LogP contribution in [0.25, 0.3) is 0 Å². The average molecular weight is 233 g/mol. The highest BCUT2D eigenvalue weighted by Gasteiger charge is 2.06. The first-order chi connectivity index (χ1) is 8.22. The summed E-state index contributed by atoms with van der Waals surface area (Å²) < 4.78 is 0. The highest BCUT2D eigenvalue weighted by atomic mass is 16.1. The SMILES string of the molecule is CCCCC(=O)N[C@@H](C)CCc1ccccc1. The Morgan fingerprint density at radius 3 is 2.65 bits per heavy atom. The van der Waals surface area contributed by atoms with E-state index in [1.807, 2.05) is 6.07 Å². The lowest BCUT2D eigenvalue weighted by atomic mass is 10.1. The summed E-state index contributed by atoms with van der Waals surface area (Å²) in [7, 11) is 0. The van der Waals surface area contributed by atoms with Crippen molar-refractivity contribution in [2.75, 3.05) is 0 Å². The molecule has 0 spiro atoms. The fourth-order valence-electron chi connectivity index (χ4n) is 1.78. The van der Waals surface area contributed by atoms with Gasteiger partial charge >= 0.3 is 0 Å². The highest BCUT2D eigenvalue weighted by Crippen LogP contribution is 2.05. The Bertz CT molecular complexity index is 321. The Morgan fingerprint density at radius 2 is 2.00 bits per heavy atom. The Labute approximate surface area is 104 Å². The number of aryl methyl sites for hydroxylation is 1. The monoisotopic (exact) mass is 233 g/mol. The zero-order valence-corrected chi connectivity index (χ0v) is 10.9. The predicted octanol–water partition coefficient (Wildman–Crippen LogP) is 3.31. The largest absolute Gasteiger partial charge is 0.354 e. The van der Waals surface area contributed by atoms with Crippen LogP contribution in [0.4, 0.5) is 0 Å². The second-order valence-electron chi connectivity index (χ2n) is 4.60. The molecule has 1 N–H and O–H groups in total. The van der Waals surface area contributed by atoms with E-state index in [0.29, 0.717) is 6.42 Å². The molecule has 0 fully saturated rings. The normalized spacial score (nSPS) is 12.1.